The average molecular weight is 218 g/mol. The van der Waals surface area contributed by atoms with Crippen molar-refractivity contribution in [3.8, 4) is 0 Å². The molecule has 2 nitrogen and oxygen atoms in total. The number of nitrogens with two attached hydrogens (primary N) is 2. The van der Waals surface area contributed by atoms with E-state index in [0.29, 0.717) is 0 Å². The van der Waals surface area contributed by atoms with Crippen LogP contribution in [0.4, 0.5) is 5.69 Å². The van der Waals surface area contributed by atoms with Gasteiger partial charge in [0.15, 0.2) is 0 Å². The minimum Gasteiger partial charge on any atom is -0.402 e. The molecule has 0 unspecified atom stereocenters. The van der Waals surface area contributed by atoms with E-state index < -0.39 is 0 Å². The first-order chi connectivity index (χ1) is 7.29. The Balaban J connectivity index is 3.72. The van der Waals surface area contributed by atoms with E-state index in [1.807, 2.05) is 13.8 Å². The highest BCUT2D eigenvalue weighted by atomic mass is 14.6. The standard InChI is InChI=1S/C14H22N2/c1-7-8(2)10(4)14(16)13(9(7)3)11(5)12(6)15/h15-16H2,1-6H3/b12-11-. The molecule has 0 bridgehead atoms. The van der Waals surface area contributed by atoms with Crippen LogP contribution in [0.1, 0.15) is 41.7 Å². The van der Waals surface area contributed by atoms with E-state index in [9.17, 15) is 0 Å². The monoisotopic (exact) mass is 218 g/mol. The second-order valence-corrected chi connectivity index (χ2v) is 4.60. The third-order valence-electron chi connectivity index (χ3n) is 3.70. The van der Waals surface area contributed by atoms with Crippen LogP contribution in [-0.4, -0.2) is 0 Å². The molecule has 88 valence electrons. The van der Waals surface area contributed by atoms with Crippen LogP contribution in [-0.2, 0) is 0 Å². The third kappa shape index (κ3) is 1.80. The maximum Gasteiger partial charge on any atom is 0.0426 e. The Hall–Kier alpha value is -1.44. The van der Waals surface area contributed by atoms with Crippen molar-refractivity contribution in [3.63, 3.8) is 0 Å². The SMILES string of the molecule is C/C(N)=C(\C)c1c(C)c(C)c(C)c(C)c1N. The lowest BCUT2D eigenvalue weighted by Crippen LogP contribution is -2.06. The maximum absolute atomic E-state index is 6.20. The Labute approximate surface area is 98.3 Å². The van der Waals surface area contributed by atoms with Gasteiger partial charge in [-0.2, -0.15) is 0 Å². The molecule has 0 fully saturated rings. The summed E-state index contributed by atoms with van der Waals surface area (Å²) in [5, 5.41) is 0. The molecule has 0 amide bonds. The maximum atomic E-state index is 6.20. The van der Waals surface area contributed by atoms with Crippen molar-refractivity contribution in [3.05, 3.63) is 33.5 Å². The second-order valence-electron chi connectivity index (χ2n) is 4.60. The Morgan fingerprint density at radius 1 is 0.812 bits per heavy atom. The van der Waals surface area contributed by atoms with Crippen molar-refractivity contribution in [1.82, 2.24) is 0 Å². The van der Waals surface area contributed by atoms with Crippen molar-refractivity contribution >= 4 is 11.3 Å². The molecule has 0 radical (unpaired) electrons. The van der Waals surface area contributed by atoms with Gasteiger partial charge >= 0.3 is 0 Å². The molecule has 0 saturated heterocycles. The normalized spacial score (nSPS) is 12.6. The Bertz CT molecular complexity index is 435. The number of allylic oxidation sites excluding steroid dienone is 2. The van der Waals surface area contributed by atoms with Gasteiger partial charge in [-0.15, -0.1) is 0 Å². The fraction of sp³-hybridized carbons (Fsp3) is 0.429. The molecule has 0 heterocycles. The van der Waals surface area contributed by atoms with Crippen LogP contribution >= 0.6 is 0 Å². The predicted octanol–water partition coefficient (Wildman–Crippen LogP) is 3.21. The first kappa shape index (κ1) is 12.6. The predicted molar refractivity (Wildman–Crippen MR) is 72.3 cm³/mol. The van der Waals surface area contributed by atoms with Crippen molar-refractivity contribution in [1.29, 1.82) is 0 Å². The molecule has 0 aromatic heterocycles. The lowest BCUT2D eigenvalue weighted by atomic mass is 9.89. The molecule has 2 heteroatoms. The van der Waals surface area contributed by atoms with Gasteiger partial charge in [-0.1, -0.05) is 0 Å². The third-order valence-corrected chi connectivity index (χ3v) is 3.70. The van der Waals surface area contributed by atoms with Crippen LogP contribution in [0, 0.1) is 27.7 Å². The van der Waals surface area contributed by atoms with Crippen molar-refractivity contribution in [2.45, 2.75) is 41.5 Å². The topological polar surface area (TPSA) is 52.0 Å². The second kappa shape index (κ2) is 4.20. The largest absolute Gasteiger partial charge is 0.402 e. The fourth-order valence-corrected chi connectivity index (χ4v) is 2.02. The minimum absolute atomic E-state index is 0.831. The molecule has 4 N–H and O–H groups in total. The fourth-order valence-electron chi connectivity index (χ4n) is 2.02. The van der Waals surface area contributed by atoms with Gasteiger partial charge in [0, 0.05) is 16.9 Å². The number of hydrogen-bond acceptors (Lipinski definition) is 2. The number of benzene rings is 1. The summed E-state index contributed by atoms with van der Waals surface area (Å²) in [7, 11) is 0. The van der Waals surface area contributed by atoms with Gasteiger partial charge in [-0.3, -0.25) is 0 Å². The van der Waals surface area contributed by atoms with Crippen LogP contribution in [0.3, 0.4) is 0 Å². The van der Waals surface area contributed by atoms with Crippen molar-refractivity contribution in [2.24, 2.45) is 5.73 Å². The van der Waals surface area contributed by atoms with Crippen molar-refractivity contribution < 1.29 is 0 Å². The molecule has 1 aromatic carbocycles. The zero-order chi connectivity index (χ0) is 12.6. The summed E-state index contributed by atoms with van der Waals surface area (Å²) in [5.41, 5.74) is 21.0. The summed E-state index contributed by atoms with van der Waals surface area (Å²) in [6, 6.07) is 0. The van der Waals surface area contributed by atoms with Gasteiger partial charge in [-0.05, 0) is 69.4 Å². The molecule has 16 heavy (non-hydrogen) atoms. The summed E-state index contributed by atoms with van der Waals surface area (Å²) in [5.74, 6) is 0. The summed E-state index contributed by atoms with van der Waals surface area (Å²) in [4.78, 5) is 0. The van der Waals surface area contributed by atoms with Crippen LogP contribution in [0.25, 0.3) is 5.57 Å². The highest BCUT2D eigenvalue weighted by Gasteiger charge is 2.14. The lowest BCUT2D eigenvalue weighted by Gasteiger charge is -2.19. The number of rotatable bonds is 1. The molecular weight excluding hydrogens is 196 g/mol. The smallest absolute Gasteiger partial charge is 0.0426 e. The molecule has 1 rings (SSSR count). The zero-order valence-corrected chi connectivity index (χ0v) is 11.2. The van der Waals surface area contributed by atoms with E-state index in [1.54, 1.807) is 0 Å². The van der Waals surface area contributed by atoms with E-state index >= 15 is 0 Å². The zero-order valence-electron chi connectivity index (χ0n) is 11.2. The molecular formula is C14H22N2. The average Bonchev–Trinajstić information content (AvgIpc) is 2.23. The summed E-state index contributed by atoms with van der Waals surface area (Å²) in [6.45, 7) is 12.4. The van der Waals surface area contributed by atoms with Gasteiger partial charge < -0.3 is 11.5 Å². The summed E-state index contributed by atoms with van der Waals surface area (Å²) < 4.78 is 0. The van der Waals surface area contributed by atoms with E-state index in [2.05, 4.69) is 27.7 Å². The molecule has 1 aromatic rings. The number of anilines is 1. The molecule has 0 atom stereocenters. The van der Waals surface area contributed by atoms with Crippen LogP contribution in [0.5, 0.6) is 0 Å². The molecule has 0 saturated carbocycles. The van der Waals surface area contributed by atoms with Crippen LogP contribution in [0.2, 0.25) is 0 Å². The Kier molecular flexibility index (Phi) is 3.32. The number of nitrogen functional groups attached to an aromatic ring is 1. The van der Waals surface area contributed by atoms with Gasteiger partial charge in [0.2, 0.25) is 0 Å². The van der Waals surface area contributed by atoms with Crippen LogP contribution < -0.4 is 11.5 Å². The van der Waals surface area contributed by atoms with E-state index in [0.717, 1.165) is 22.5 Å². The first-order valence-corrected chi connectivity index (χ1v) is 5.58. The van der Waals surface area contributed by atoms with Crippen molar-refractivity contribution in [2.75, 3.05) is 5.73 Å². The first-order valence-electron chi connectivity index (χ1n) is 5.58. The minimum atomic E-state index is 0.831. The Morgan fingerprint density at radius 3 is 1.69 bits per heavy atom. The van der Waals surface area contributed by atoms with Gasteiger partial charge in [0.1, 0.15) is 0 Å². The van der Waals surface area contributed by atoms with E-state index in [4.69, 9.17) is 11.5 Å². The quantitative estimate of drug-likeness (QED) is 0.711. The summed E-state index contributed by atoms with van der Waals surface area (Å²) in [6.07, 6.45) is 0. The molecule has 0 aliphatic heterocycles. The van der Waals surface area contributed by atoms with E-state index in [1.165, 1.54) is 22.3 Å². The van der Waals surface area contributed by atoms with E-state index in [-0.39, 0.29) is 0 Å². The number of hydrogen-bond donors (Lipinski definition) is 2. The van der Waals surface area contributed by atoms with Gasteiger partial charge in [0.25, 0.3) is 0 Å². The summed E-state index contributed by atoms with van der Waals surface area (Å²) >= 11 is 0. The van der Waals surface area contributed by atoms with Crippen LogP contribution in [0.15, 0.2) is 5.70 Å². The molecule has 0 spiro atoms. The van der Waals surface area contributed by atoms with Gasteiger partial charge in [-0.25, -0.2) is 0 Å². The molecule has 0 aliphatic carbocycles. The molecule has 0 aliphatic rings. The highest BCUT2D eigenvalue weighted by Crippen LogP contribution is 2.33. The Morgan fingerprint density at radius 2 is 1.25 bits per heavy atom. The highest BCUT2D eigenvalue weighted by molar-refractivity contribution is 5.81. The lowest BCUT2D eigenvalue weighted by molar-refractivity contribution is 1.19. The van der Waals surface area contributed by atoms with Gasteiger partial charge in [0.05, 0.1) is 0 Å².